The molecular weight excluding hydrogens is 300 g/mol. The molecule has 0 fully saturated rings. The number of hydrogen-bond acceptors (Lipinski definition) is 3. The van der Waals surface area contributed by atoms with E-state index in [1.165, 1.54) is 0 Å². The lowest BCUT2D eigenvalue weighted by molar-refractivity contribution is -0.119. The van der Waals surface area contributed by atoms with Crippen LogP contribution >= 0.6 is 0 Å². The maximum Gasteiger partial charge on any atom is 0.239 e. The zero-order valence-electron chi connectivity index (χ0n) is 14.4. The zero-order chi connectivity index (χ0) is 17.2. The van der Waals surface area contributed by atoms with Crippen LogP contribution in [0.15, 0.2) is 54.6 Å². The van der Waals surface area contributed by atoms with Gasteiger partial charge in [-0.1, -0.05) is 44.2 Å². The molecule has 0 saturated carbocycles. The first-order valence-electron chi connectivity index (χ1n) is 8.41. The zero-order valence-corrected chi connectivity index (χ0v) is 14.4. The molecule has 0 radical (unpaired) electrons. The van der Waals surface area contributed by atoms with Crippen molar-refractivity contribution in [3.05, 3.63) is 60.2 Å². The van der Waals surface area contributed by atoms with Gasteiger partial charge in [0.15, 0.2) is 0 Å². The van der Waals surface area contributed by atoms with Crippen molar-refractivity contribution in [2.45, 2.75) is 26.9 Å². The predicted octanol–water partition coefficient (Wildman–Crippen LogP) is 3.84. The molecule has 0 unspecified atom stereocenters. The molecule has 2 rings (SSSR count). The Morgan fingerprint density at radius 1 is 1.04 bits per heavy atom. The highest BCUT2D eigenvalue weighted by Gasteiger charge is 2.02. The molecule has 2 aromatic carbocycles. The quantitative estimate of drug-likeness (QED) is 0.736. The number of rotatable bonds is 9. The number of carbonyl (C=O) groups excluding carboxylic acids is 1. The van der Waals surface area contributed by atoms with E-state index in [0.29, 0.717) is 12.5 Å². The minimum Gasteiger partial charge on any atom is -0.489 e. The molecule has 0 aliphatic carbocycles. The maximum atomic E-state index is 11.7. The third-order valence-corrected chi connectivity index (χ3v) is 3.60. The average Bonchev–Trinajstić information content (AvgIpc) is 2.59. The molecule has 0 bridgehead atoms. The molecule has 2 aromatic rings. The summed E-state index contributed by atoms with van der Waals surface area (Å²) in [7, 11) is 0. The SMILES string of the molecule is CC(C)CCNC(=O)CNc1ccc(OCc2ccccc2)cc1. The Bertz CT molecular complexity index is 609. The highest BCUT2D eigenvalue weighted by molar-refractivity contribution is 5.80. The number of amides is 1. The van der Waals surface area contributed by atoms with E-state index in [4.69, 9.17) is 4.74 Å². The Morgan fingerprint density at radius 3 is 2.42 bits per heavy atom. The Hall–Kier alpha value is -2.49. The molecule has 0 saturated heterocycles. The summed E-state index contributed by atoms with van der Waals surface area (Å²) in [5.41, 5.74) is 2.04. The first-order valence-corrected chi connectivity index (χ1v) is 8.41. The van der Waals surface area contributed by atoms with Gasteiger partial charge in [-0.3, -0.25) is 4.79 Å². The summed E-state index contributed by atoms with van der Waals surface area (Å²) < 4.78 is 5.74. The summed E-state index contributed by atoms with van der Waals surface area (Å²) in [5.74, 6) is 1.42. The van der Waals surface area contributed by atoms with Crippen LogP contribution in [0.1, 0.15) is 25.8 Å². The number of benzene rings is 2. The number of ether oxygens (including phenoxy) is 1. The van der Waals surface area contributed by atoms with Crippen molar-refractivity contribution in [1.82, 2.24) is 5.32 Å². The topological polar surface area (TPSA) is 50.4 Å². The minimum atomic E-state index is 0.0139. The fraction of sp³-hybridized carbons (Fsp3) is 0.350. The highest BCUT2D eigenvalue weighted by atomic mass is 16.5. The van der Waals surface area contributed by atoms with E-state index in [1.807, 2.05) is 54.6 Å². The molecule has 24 heavy (non-hydrogen) atoms. The van der Waals surface area contributed by atoms with Crippen LogP contribution in [0.4, 0.5) is 5.69 Å². The Kier molecular flexibility index (Phi) is 7.15. The molecule has 2 N–H and O–H groups in total. The Labute approximate surface area is 144 Å². The van der Waals surface area contributed by atoms with Crippen LogP contribution in [-0.2, 0) is 11.4 Å². The van der Waals surface area contributed by atoms with Crippen molar-refractivity contribution in [2.24, 2.45) is 5.92 Å². The first kappa shape index (κ1) is 17.9. The van der Waals surface area contributed by atoms with Gasteiger partial charge in [-0.15, -0.1) is 0 Å². The smallest absolute Gasteiger partial charge is 0.239 e. The number of hydrogen-bond donors (Lipinski definition) is 2. The van der Waals surface area contributed by atoms with Crippen molar-refractivity contribution in [1.29, 1.82) is 0 Å². The van der Waals surface area contributed by atoms with E-state index >= 15 is 0 Å². The lowest BCUT2D eigenvalue weighted by atomic mass is 10.1. The molecule has 0 aromatic heterocycles. The monoisotopic (exact) mass is 326 g/mol. The second-order valence-corrected chi connectivity index (χ2v) is 6.18. The lowest BCUT2D eigenvalue weighted by Gasteiger charge is -2.10. The molecule has 0 aliphatic heterocycles. The van der Waals surface area contributed by atoms with E-state index in [1.54, 1.807) is 0 Å². The van der Waals surface area contributed by atoms with Gasteiger partial charge in [0.2, 0.25) is 5.91 Å². The van der Waals surface area contributed by atoms with Crippen LogP contribution in [-0.4, -0.2) is 19.0 Å². The van der Waals surface area contributed by atoms with Gasteiger partial charge in [0.1, 0.15) is 12.4 Å². The van der Waals surface area contributed by atoms with E-state index in [2.05, 4.69) is 24.5 Å². The van der Waals surface area contributed by atoms with Crippen LogP contribution in [0.2, 0.25) is 0 Å². The Balaban J connectivity index is 1.70. The maximum absolute atomic E-state index is 11.7. The van der Waals surface area contributed by atoms with Gasteiger partial charge in [-0.05, 0) is 42.2 Å². The van der Waals surface area contributed by atoms with Crippen molar-refractivity contribution < 1.29 is 9.53 Å². The molecule has 0 spiro atoms. The average molecular weight is 326 g/mol. The van der Waals surface area contributed by atoms with Crippen LogP contribution in [0.3, 0.4) is 0 Å². The number of carbonyl (C=O) groups is 1. The van der Waals surface area contributed by atoms with E-state index in [9.17, 15) is 4.79 Å². The normalized spacial score (nSPS) is 10.5. The summed E-state index contributed by atoms with van der Waals surface area (Å²) in [5, 5.41) is 6.02. The molecule has 0 atom stereocenters. The first-order chi connectivity index (χ1) is 11.6. The van der Waals surface area contributed by atoms with Gasteiger partial charge >= 0.3 is 0 Å². The largest absolute Gasteiger partial charge is 0.489 e. The van der Waals surface area contributed by atoms with Crippen LogP contribution < -0.4 is 15.4 Å². The lowest BCUT2D eigenvalue weighted by Crippen LogP contribution is -2.31. The van der Waals surface area contributed by atoms with Gasteiger partial charge in [-0.25, -0.2) is 0 Å². The van der Waals surface area contributed by atoms with E-state index in [-0.39, 0.29) is 12.5 Å². The van der Waals surface area contributed by atoms with Gasteiger partial charge in [-0.2, -0.15) is 0 Å². The second kappa shape index (κ2) is 9.60. The summed E-state index contributed by atoms with van der Waals surface area (Å²) >= 11 is 0. The summed E-state index contributed by atoms with van der Waals surface area (Å²) in [4.78, 5) is 11.7. The molecule has 0 aliphatic rings. The van der Waals surface area contributed by atoms with E-state index in [0.717, 1.165) is 30.0 Å². The standard InChI is InChI=1S/C20H26N2O2/c1-16(2)12-13-21-20(23)14-22-18-8-10-19(11-9-18)24-15-17-6-4-3-5-7-17/h3-11,16,22H,12-15H2,1-2H3,(H,21,23). The van der Waals surface area contributed by atoms with Crippen molar-refractivity contribution in [3.8, 4) is 5.75 Å². The van der Waals surface area contributed by atoms with Gasteiger partial charge in [0, 0.05) is 12.2 Å². The van der Waals surface area contributed by atoms with Crippen molar-refractivity contribution >= 4 is 11.6 Å². The highest BCUT2D eigenvalue weighted by Crippen LogP contribution is 2.16. The second-order valence-electron chi connectivity index (χ2n) is 6.18. The molecule has 4 heteroatoms. The van der Waals surface area contributed by atoms with Crippen molar-refractivity contribution in [2.75, 3.05) is 18.4 Å². The number of nitrogens with one attached hydrogen (secondary N) is 2. The summed E-state index contributed by atoms with van der Waals surface area (Å²) in [6.07, 6.45) is 0.999. The van der Waals surface area contributed by atoms with Crippen LogP contribution in [0.25, 0.3) is 0 Å². The molecule has 4 nitrogen and oxygen atoms in total. The van der Waals surface area contributed by atoms with Gasteiger partial charge in [0.05, 0.1) is 6.54 Å². The van der Waals surface area contributed by atoms with Crippen molar-refractivity contribution in [3.63, 3.8) is 0 Å². The molecule has 1 amide bonds. The van der Waals surface area contributed by atoms with Gasteiger partial charge < -0.3 is 15.4 Å². The third kappa shape index (κ3) is 6.73. The molecule has 128 valence electrons. The fourth-order valence-electron chi connectivity index (χ4n) is 2.16. The summed E-state index contributed by atoms with van der Waals surface area (Å²) in [6, 6.07) is 17.7. The van der Waals surface area contributed by atoms with E-state index < -0.39 is 0 Å². The third-order valence-electron chi connectivity index (χ3n) is 3.60. The minimum absolute atomic E-state index is 0.0139. The predicted molar refractivity (Wildman–Crippen MR) is 98.2 cm³/mol. The van der Waals surface area contributed by atoms with Gasteiger partial charge in [0.25, 0.3) is 0 Å². The summed E-state index contributed by atoms with van der Waals surface area (Å²) in [6.45, 7) is 5.84. The molecule has 0 heterocycles. The van der Waals surface area contributed by atoms with Crippen LogP contribution in [0.5, 0.6) is 5.75 Å². The molecular formula is C20H26N2O2. The number of anilines is 1. The fourth-order valence-corrected chi connectivity index (χ4v) is 2.16. The van der Waals surface area contributed by atoms with Crippen LogP contribution in [0, 0.1) is 5.92 Å². The Morgan fingerprint density at radius 2 is 1.75 bits per heavy atom.